The highest BCUT2D eigenvalue weighted by Crippen LogP contribution is 2.34. The van der Waals surface area contributed by atoms with Crippen LogP contribution in [0.25, 0.3) is 0 Å². The van der Waals surface area contributed by atoms with E-state index in [4.69, 9.17) is 0 Å². The summed E-state index contributed by atoms with van der Waals surface area (Å²) >= 11 is 0. The predicted molar refractivity (Wildman–Crippen MR) is 79.9 cm³/mol. The van der Waals surface area contributed by atoms with E-state index in [1.54, 1.807) is 6.07 Å². The molecule has 2 heterocycles. The second kappa shape index (κ2) is 4.83. The lowest BCUT2D eigenvalue weighted by Gasteiger charge is -2.34. The van der Waals surface area contributed by atoms with Crippen molar-refractivity contribution in [2.75, 3.05) is 6.54 Å². The van der Waals surface area contributed by atoms with Crippen LogP contribution in [0.4, 0.5) is 4.79 Å². The van der Waals surface area contributed by atoms with Crippen molar-refractivity contribution in [1.29, 1.82) is 0 Å². The number of fused-ring (bicyclic) bond motifs is 1. The van der Waals surface area contributed by atoms with E-state index in [1.807, 2.05) is 12.1 Å². The molecular weight excluding hydrogens is 282 g/mol. The Morgan fingerprint density at radius 3 is 2.45 bits per heavy atom. The first-order chi connectivity index (χ1) is 10.3. The first-order valence-electron chi connectivity index (χ1n) is 7.34. The topological polar surface area (TPSA) is 69.7 Å². The van der Waals surface area contributed by atoms with Gasteiger partial charge in [0.1, 0.15) is 0 Å². The molecular formula is C16H19N3O3. The average molecular weight is 301 g/mol. The van der Waals surface area contributed by atoms with E-state index in [9.17, 15) is 14.4 Å². The van der Waals surface area contributed by atoms with Gasteiger partial charge in [0.15, 0.2) is 0 Å². The summed E-state index contributed by atoms with van der Waals surface area (Å²) in [5, 5.41) is 5.01. The van der Waals surface area contributed by atoms with Crippen LogP contribution >= 0.6 is 0 Å². The van der Waals surface area contributed by atoms with Gasteiger partial charge < -0.3 is 0 Å². The van der Waals surface area contributed by atoms with E-state index in [0.29, 0.717) is 12.1 Å². The summed E-state index contributed by atoms with van der Waals surface area (Å²) in [5.74, 6) is -0.494. The van der Waals surface area contributed by atoms with E-state index >= 15 is 0 Å². The molecule has 0 atom stereocenters. The second-order valence-corrected chi connectivity index (χ2v) is 6.67. The smallest absolute Gasteiger partial charge is 0.276 e. The number of nitrogens with one attached hydrogen (secondary N) is 1. The van der Waals surface area contributed by atoms with E-state index < -0.39 is 6.03 Å². The molecule has 3 rings (SSSR count). The van der Waals surface area contributed by atoms with Crippen LogP contribution in [0.2, 0.25) is 0 Å². The second-order valence-electron chi connectivity index (χ2n) is 6.67. The van der Waals surface area contributed by atoms with Gasteiger partial charge in [0.05, 0.1) is 13.1 Å². The summed E-state index contributed by atoms with van der Waals surface area (Å²) in [4.78, 5) is 35.8. The van der Waals surface area contributed by atoms with Gasteiger partial charge in [-0.1, -0.05) is 32.9 Å². The Morgan fingerprint density at radius 1 is 1.09 bits per heavy atom. The highest BCUT2D eigenvalue weighted by molar-refractivity contribution is 6.02. The molecule has 1 fully saturated rings. The van der Waals surface area contributed by atoms with Crippen molar-refractivity contribution in [3.8, 4) is 0 Å². The van der Waals surface area contributed by atoms with Gasteiger partial charge in [0.2, 0.25) is 5.91 Å². The van der Waals surface area contributed by atoms with Crippen molar-refractivity contribution in [3.63, 3.8) is 0 Å². The molecule has 0 spiro atoms. The maximum Gasteiger partial charge on any atom is 0.342 e. The Hall–Kier alpha value is -2.37. The molecule has 0 bridgehead atoms. The molecule has 1 saturated heterocycles. The Morgan fingerprint density at radius 2 is 1.82 bits per heavy atom. The van der Waals surface area contributed by atoms with Crippen molar-refractivity contribution in [3.05, 3.63) is 34.9 Å². The first-order valence-corrected chi connectivity index (χ1v) is 7.34. The summed E-state index contributed by atoms with van der Waals surface area (Å²) in [6.07, 6.45) is 0.206. The largest absolute Gasteiger partial charge is 0.342 e. The van der Waals surface area contributed by atoms with Crippen LogP contribution < -0.4 is 5.32 Å². The number of rotatable bonds is 1. The Kier molecular flexibility index (Phi) is 3.20. The third kappa shape index (κ3) is 2.24. The molecule has 6 nitrogen and oxygen atoms in total. The molecule has 6 heteroatoms. The minimum absolute atomic E-state index is 0.0816. The Balaban J connectivity index is 1.95. The first kappa shape index (κ1) is 14.6. The van der Waals surface area contributed by atoms with Gasteiger partial charge in [-0.05, 0) is 22.6 Å². The van der Waals surface area contributed by atoms with Crippen LogP contribution in [0.1, 0.15) is 48.7 Å². The minimum Gasteiger partial charge on any atom is -0.276 e. The quantitative estimate of drug-likeness (QED) is 0.860. The number of carbonyl (C=O) groups excluding carboxylic acids is 3. The summed E-state index contributed by atoms with van der Waals surface area (Å²) in [6.45, 7) is 6.89. The molecule has 2 aliphatic rings. The monoisotopic (exact) mass is 301 g/mol. The standard InChI is InChI=1S/C16H19N3O3/c1-16(2,3)12-6-4-5-10-11(12)9-19(14(10)21)18-8-7-13(20)17-15(18)22/h4-6H,7-9H2,1-3H3,(H,17,20,22). The number of hydrogen-bond donors (Lipinski definition) is 1. The zero-order chi connectivity index (χ0) is 16.1. The fraction of sp³-hybridized carbons (Fsp3) is 0.438. The number of benzene rings is 1. The van der Waals surface area contributed by atoms with Crippen molar-refractivity contribution < 1.29 is 14.4 Å². The van der Waals surface area contributed by atoms with Gasteiger partial charge >= 0.3 is 6.03 Å². The van der Waals surface area contributed by atoms with E-state index in [-0.39, 0.29) is 30.2 Å². The highest BCUT2D eigenvalue weighted by Gasteiger charge is 2.38. The molecule has 0 radical (unpaired) electrons. The summed E-state index contributed by atoms with van der Waals surface area (Å²) in [6, 6.07) is 5.16. The molecule has 116 valence electrons. The average Bonchev–Trinajstić information content (AvgIpc) is 2.75. The van der Waals surface area contributed by atoms with Gasteiger partial charge in [-0.2, -0.15) is 0 Å². The van der Waals surface area contributed by atoms with Crippen LogP contribution in [0.3, 0.4) is 0 Å². The van der Waals surface area contributed by atoms with Crippen LogP contribution in [-0.4, -0.2) is 34.4 Å². The van der Waals surface area contributed by atoms with E-state index in [0.717, 1.165) is 11.1 Å². The van der Waals surface area contributed by atoms with Crippen LogP contribution in [0, 0.1) is 0 Å². The summed E-state index contributed by atoms with van der Waals surface area (Å²) in [5.41, 5.74) is 2.62. The summed E-state index contributed by atoms with van der Waals surface area (Å²) < 4.78 is 0. The molecule has 0 unspecified atom stereocenters. The Labute approximate surface area is 129 Å². The Bertz CT molecular complexity index is 676. The molecule has 22 heavy (non-hydrogen) atoms. The van der Waals surface area contributed by atoms with Gasteiger partial charge in [-0.15, -0.1) is 0 Å². The third-order valence-electron chi connectivity index (χ3n) is 4.08. The van der Waals surface area contributed by atoms with Gasteiger partial charge in [-0.3, -0.25) is 14.9 Å². The lowest BCUT2D eigenvalue weighted by Crippen LogP contribution is -2.56. The van der Waals surface area contributed by atoms with Crippen molar-refractivity contribution in [1.82, 2.24) is 15.3 Å². The molecule has 1 aromatic rings. The highest BCUT2D eigenvalue weighted by atomic mass is 16.2. The SMILES string of the molecule is CC(C)(C)c1cccc2c1CN(N1CCC(=O)NC1=O)C2=O. The fourth-order valence-corrected chi connectivity index (χ4v) is 3.00. The normalized spacial score (nSPS) is 18.6. The number of hydrogen-bond acceptors (Lipinski definition) is 3. The van der Waals surface area contributed by atoms with Crippen LogP contribution in [0.5, 0.6) is 0 Å². The zero-order valence-electron chi connectivity index (χ0n) is 13.0. The van der Waals surface area contributed by atoms with Crippen LogP contribution in [-0.2, 0) is 16.8 Å². The number of hydrazine groups is 1. The van der Waals surface area contributed by atoms with Gasteiger partial charge in [-0.25, -0.2) is 14.8 Å². The third-order valence-corrected chi connectivity index (χ3v) is 4.08. The van der Waals surface area contributed by atoms with Crippen LogP contribution in [0.15, 0.2) is 18.2 Å². The number of urea groups is 1. The van der Waals surface area contributed by atoms with Gasteiger partial charge in [0.25, 0.3) is 5.91 Å². The maximum absolute atomic E-state index is 12.6. The lowest BCUT2D eigenvalue weighted by molar-refractivity contribution is -0.123. The molecule has 4 amide bonds. The maximum atomic E-state index is 12.6. The molecule has 0 saturated carbocycles. The molecule has 0 aliphatic carbocycles. The fourth-order valence-electron chi connectivity index (χ4n) is 3.00. The molecule has 2 aliphatic heterocycles. The predicted octanol–water partition coefficient (Wildman–Crippen LogP) is 1.80. The van der Waals surface area contributed by atoms with Crippen molar-refractivity contribution in [2.45, 2.75) is 39.2 Å². The number of imide groups is 1. The molecule has 1 aromatic carbocycles. The van der Waals surface area contributed by atoms with Crippen molar-refractivity contribution in [2.24, 2.45) is 0 Å². The van der Waals surface area contributed by atoms with E-state index in [1.165, 1.54) is 10.0 Å². The van der Waals surface area contributed by atoms with Gasteiger partial charge in [0, 0.05) is 12.0 Å². The van der Waals surface area contributed by atoms with E-state index in [2.05, 4.69) is 26.1 Å². The molecule has 1 N–H and O–H groups in total. The summed E-state index contributed by atoms with van der Waals surface area (Å²) in [7, 11) is 0. The lowest BCUT2D eigenvalue weighted by atomic mass is 9.83. The van der Waals surface area contributed by atoms with Crippen molar-refractivity contribution >= 4 is 17.8 Å². The zero-order valence-corrected chi connectivity index (χ0v) is 13.0. The minimum atomic E-state index is -0.533. The molecule has 0 aromatic heterocycles. The number of nitrogens with zero attached hydrogens (tertiary/aromatic N) is 2. The number of amides is 4. The number of carbonyl (C=O) groups is 3.